The van der Waals surface area contributed by atoms with Gasteiger partial charge in [-0.05, 0) is 43.2 Å². The molecule has 1 aromatic heterocycles. The topological polar surface area (TPSA) is 56.2 Å². The van der Waals surface area contributed by atoms with Crippen LogP contribution in [-0.2, 0) is 11.3 Å². The molecular weight excluding hydrogens is 326 g/mol. The molecule has 0 aliphatic carbocycles. The van der Waals surface area contributed by atoms with Crippen molar-refractivity contribution in [2.24, 2.45) is 0 Å². The molecule has 1 N–H and O–H groups in total. The Bertz CT molecular complexity index is 826. The van der Waals surface area contributed by atoms with Gasteiger partial charge in [-0.2, -0.15) is 0 Å². The molecule has 0 spiro atoms. The van der Waals surface area contributed by atoms with E-state index in [0.717, 1.165) is 22.8 Å². The number of carbonyl (C=O) groups is 1. The first-order valence-electron chi connectivity index (χ1n) is 8.76. The van der Waals surface area contributed by atoms with Crippen molar-refractivity contribution < 1.29 is 9.53 Å². The van der Waals surface area contributed by atoms with Crippen molar-refractivity contribution in [3.8, 4) is 11.4 Å². The number of nitrogens with zero attached hydrogens (tertiary/aromatic N) is 2. The summed E-state index contributed by atoms with van der Waals surface area (Å²) in [5, 5.41) is 2.95. The van der Waals surface area contributed by atoms with E-state index >= 15 is 0 Å². The van der Waals surface area contributed by atoms with E-state index in [1.54, 1.807) is 6.20 Å². The zero-order chi connectivity index (χ0) is 18.2. The number of imidazole rings is 1. The van der Waals surface area contributed by atoms with Crippen LogP contribution in [0.5, 0.6) is 5.75 Å². The highest BCUT2D eigenvalue weighted by Crippen LogP contribution is 2.12. The SMILES string of the molecule is Cc1nccn1-c1ccc(CNC(=O)CCCOc2ccccc2)cc1. The molecule has 134 valence electrons. The quantitative estimate of drug-likeness (QED) is 0.632. The fourth-order valence-electron chi connectivity index (χ4n) is 2.65. The second-order valence-corrected chi connectivity index (χ2v) is 6.05. The molecule has 0 unspecified atom stereocenters. The van der Waals surface area contributed by atoms with E-state index < -0.39 is 0 Å². The lowest BCUT2D eigenvalue weighted by Crippen LogP contribution is -2.23. The Balaban J connectivity index is 1.38. The first-order valence-corrected chi connectivity index (χ1v) is 8.76. The summed E-state index contributed by atoms with van der Waals surface area (Å²) in [6.45, 7) is 3.04. The Hall–Kier alpha value is -3.08. The van der Waals surface area contributed by atoms with E-state index in [9.17, 15) is 4.79 Å². The molecule has 1 amide bonds. The number of aryl methyl sites for hydroxylation is 1. The molecule has 0 fully saturated rings. The van der Waals surface area contributed by atoms with Crippen LogP contribution in [0.15, 0.2) is 67.0 Å². The van der Waals surface area contributed by atoms with E-state index in [1.165, 1.54) is 0 Å². The highest BCUT2D eigenvalue weighted by atomic mass is 16.5. The van der Waals surface area contributed by atoms with Crippen LogP contribution in [0, 0.1) is 6.92 Å². The van der Waals surface area contributed by atoms with E-state index in [1.807, 2.05) is 72.3 Å². The monoisotopic (exact) mass is 349 g/mol. The summed E-state index contributed by atoms with van der Waals surface area (Å²) in [6.07, 6.45) is 4.87. The van der Waals surface area contributed by atoms with Crippen molar-refractivity contribution in [1.29, 1.82) is 0 Å². The Morgan fingerprint density at radius 3 is 2.58 bits per heavy atom. The maximum atomic E-state index is 11.9. The summed E-state index contributed by atoms with van der Waals surface area (Å²) in [5.74, 6) is 1.82. The van der Waals surface area contributed by atoms with Crippen LogP contribution in [0.1, 0.15) is 24.2 Å². The van der Waals surface area contributed by atoms with Gasteiger partial charge in [-0.25, -0.2) is 4.98 Å². The second-order valence-electron chi connectivity index (χ2n) is 6.05. The molecule has 2 aromatic carbocycles. The molecule has 0 atom stereocenters. The molecule has 3 rings (SSSR count). The van der Waals surface area contributed by atoms with Gasteiger partial charge in [0.25, 0.3) is 0 Å². The Labute approximate surface area is 153 Å². The maximum absolute atomic E-state index is 11.9. The van der Waals surface area contributed by atoms with Gasteiger partial charge in [0.1, 0.15) is 11.6 Å². The Morgan fingerprint density at radius 2 is 1.88 bits per heavy atom. The Kier molecular flexibility index (Phi) is 6.04. The summed E-state index contributed by atoms with van der Waals surface area (Å²) in [7, 11) is 0. The van der Waals surface area contributed by atoms with Crippen LogP contribution in [0.25, 0.3) is 5.69 Å². The Morgan fingerprint density at radius 1 is 1.12 bits per heavy atom. The average molecular weight is 349 g/mol. The minimum Gasteiger partial charge on any atom is -0.494 e. The molecule has 5 heteroatoms. The summed E-state index contributed by atoms with van der Waals surface area (Å²) in [4.78, 5) is 16.2. The summed E-state index contributed by atoms with van der Waals surface area (Å²) < 4.78 is 7.61. The number of para-hydroxylation sites is 1. The lowest BCUT2D eigenvalue weighted by Gasteiger charge is -2.09. The standard InChI is InChI=1S/C21H23N3O2/c1-17-22-13-14-24(17)19-11-9-18(10-12-19)16-23-21(25)8-5-15-26-20-6-3-2-4-7-20/h2-4,6-7,9-14H,5,8,15-16H2,1H3,(H,23,25). The van der Waals surface area contributed by atoms with Crippen molar-refractivity contribution in [3.05, 3.63) is 78.4 Å². The third-order valence-corrected chi connectivity index (χ3v) is 4.09. The lowest BCUT2D eigenvalue weighted by molar-refractivity contribution is -0.121. The average Bonchev–Trinajstić information content (AvgIpc) is 3.11. The first kappa shape index (κ1) is 17.7. The fraction of sp³-hybridized carbons (Fsp3) is 0.238. The number of amides is 1. The summed E-state index contributed by atoms with van der Waals surface area (Å²) >= 11 is 0. The predicted octanol–water partition coefficient (Wildman–Crippen LogP) is 3.66. The number of ether oxygens (including phenoxy) is 1. The van der Waals surface area contributed by atoms with Gasteiger partial charge in [-0.3, -0.25) is 4.79 Å². The highest BCUT2D eigenvalue weighted by Gasteiger charge is 2.03. The van der Waals surface area contributed by atoms with E-state index in [4.69, 9.17) is 4.74 Å². The van der Waals surface area contributed by atoms with Gasteiger partial charge in [-0.15, -0.1) is 0 Å². The van der Waals surface area contributed by atoms with Crippen molar-refractivity contribution >= 4 is 5.91 Å². The largest absolute Gasteiger partial charge is 0.494 e. The molecule has 0 bridgehead atoms. The third-order valence-electron chi connectivity index (χ3n) is 4.09. The van der Waals surface area contributed by atoms with Gasteiger partial charge in [0, 0.05) is 31.0 Å². The first-order chi connectivity index (χ1) is 12.7. The minimum absolute atomic E-state index is 0.0381. The smallest absolute Gasteiger partial charge is 0.220 e. The minimum atomic E-state index is 0.0381. The van der Waals surface area contributed by atoms with Crippen LogP contribution < -0.4 is 10.1 Å². The number of aromatic nitrogens is 2. The molecule has 5 nitrogen and oxygen atoms in total. The van der Waals surface area contributed by atoms with Crippen molar-refractivity contribution in [3.63, 3.8) is 0 Å². The number of nitrogens with one attached hydrogen (secondary N) is 1. The van der Waals surface area contributed by atoms with E-state index in [-0.39, 0.29) is 5.91 Å². The molecule has 0 saturated heterocycles. The molecule has 1 heterocycles. The van der Waals surface area contributed by atoms with Crippen LogP contribution in [0.3, 0.4) is 0 Å². The highest BCUT2D eigenvalue weighted by molar-refractivity contribution is 5.75. The number of benzene rings is 2. The van der Waals surface area contributed by atoms with Gasteiger partial charge >= 0.3 is 0 Å². The molecule has 0 aliphatic heterocycles. The van der Waals surface area contributed by atoms with Crippen molar-refractivity contribution in [2.75, 3.05) is 6.61 Å². The van der Waals surface area contributed by atoms with E-state index in [2.05, 4.69) is 10.3 Å². The van der Waals surface area contributed by atoms with Crippen molar-refractivity contribution in [2.45, 2.75) is 26.3 Å². The van der Waals surface area contributed by atoms with Crippen LogP contribution in [0.4, 0.5) is 0 Å². The van der Waals surface area contributed by atoms with Crippen LogP contribution in [-0.4, -0.2) is 22.1 Å². The molecule has 0 aliphatic rings. The van der Waals surface area contributed by atoms with Gasteiger partial charge < -0.3 is 14.6 Å². The number of hydrogen-bond donors (Lipinski definition) is 1. The van der Waals surface area contributed by atoms with E-state index in [0.29, 0.717) is 26.0 Å². The zero-order valence-corrected chi connectivity index (χ0v) is 14.9. The number of carbonyl (C=O) groups excluding carboxylic acids is 1. The molecule has 3 aromatic rings. The summed E-state index contributed by atoms with van der Waals surface area (Å²) in [5.41, 5.74) is 2.13. The molecular formula is C21H23N3O2. The van der Waals surface area contributed by atoms with Crippen molar-refractivity contribution in [1.82, 2.24) is 14.9 Å². The predicted molar refractivity (Wildman–Crippen MR) is 101 cm³/mol. The third kappa shape index (κ3) is 4.96. The lowest BCUT2D eigenvalue weighted by atomic mass is 10.2. The zero-order valence-electron chi connectivity index (χ0n) is 14.9. The second kappa shape index (κ2) is 8.85. The number of hydrogen-bond acceptors (Lipinski definition) is 3. The van der Waals surface area contributed by atoms with Gasteiger partial charge in [0.15, 0.2) is 0 Å². The van der Waals surface area contributed by atoms with Gasteiger partial charge in [-0.1, -0.05) is 30.3 Å². The maximum Gasteiger partial charge on any atom is 0.220 e. The van der Waals surface area contributed by atoms with Gasteiger partial charge in [0.2, 0.25) is 5.91 Å². The normalized spacial score (nSPS) is 10.5. The molecule has 0 saturated carbocycles. The fourth-order valence-corrected chi connectivity index (χ4v) is 2.65. The van der Waals surface area contributed by atoms with Gasteiger partial charge in [0.05, 0.1) is 6.61 Å². The summed E-state index contributed by atoms with van der Waals surface area (Å²) in [6, 6.07) is 17.7. The van der Waals surface area contributed by atoms with Crippen LogP contribution in [0.2, 0.25) is 0 Å². The molecule has 26 heavy (non-hydrogen) atoms. The molecule has 0 radical (unpaired) electrons. The number of rotatable bonds is 8. The van der Waals surface area contributed by atoms with Crippen LogP contribution >= 0.6 is 0 Å².